The van der Waals surface area contributed by atoms with E-state index in [0.717, 1.165) is 12.5 Å². The third-order valence-corrected chi connectivity index (χ3v) is 3.99. The summed E-state index contributed by atoms with van der Waals surface area (Å²) in [7, 11) is 0. The van der Waals surface area contributed by atoms with Gasteiger partial charge in [0.15, 0.2) is 0 Å². The van der Waals surface area contributed by atoms with Crippen molar-refractivity contribution < 1.29 is 0 Å². The summed E-state index contributed by atoms with van der Waals surface area (Å²) in [4.78, 5) is 0. The quantitative estimate of drug-likeness (QED) is 0.652. The van der Waals surface area contributed by atoms with E-state index in [9.17, 15) is 0 Å². The highest BCUT2D eigenvalue weighted by Crippen LogP contribution is 2.19. The van der Waals surface area contributed by atoms with Crippen LogP contribution in [0, 0.1) is 11.3 Å². The SMILES string of the molecule is CCC(C)(C)CNCCCC1CCNCC1. The molecule has 1 aliphatic rings. The summed E-state index contributed by atoms with van der Waals surface area (Å²) < 4.78 is 0. The number of rotatable bonds is 7. The summed E-state index contributed by atoms with van der Waals surface area (Å²) in [6.07, 6.45) is 6.81. The fourth-order valence-corrected chi connectivity index (χ4v) is 2.24. The molecule has 96 valence electrons. The summed E-state index contributed by atoms with van der Waals surface area (Å²) >= 11 is 0. The molecule has 2 N–H and O–H groups in total. The molecule has 0 unspecified atom stereocenters. The van der Waals surface area contributed by atoms with Crippen LogP contribution in [0.25, 0.3) is 0 Å². The largest absolute Gasteiger partial charge is 0.317 e. The molecule has 16 heavy (non-hydrogen) atoms. The zero-order valence-electron chi connectivity index (χ0n) is 11.4. The van der Waals surface area contributed by atoms with Crippen LogP contribution < -0.4 is 10.6 Å². The van der Waals surface area contributed by atoms with Gasteiger partial charge in [-0.3, -0.25) is 0 Å². The van der Waals surface area contributed by atoms with Gasteiger partial charge in [-0.15, -0.1) is 0 Å². The number of piperidine rings is 1. The second kappa shape index (κ2) is 7.29. The molecule has 0 saturated carbocycles. The van der Waals surface area contributed by atoms with Gasteiger partial charge in [0.2, 0.25) is 0 Å². The maximum Gasteiger partial charge on any atom is 0.000241 e. The van der Waals surface area contributed by atoms with E-state index in [0.29, 0.717) is 5.41 Å². The Bertz CT molecular complexity index is 172. The Morgan fingerprint density at radius 1 is 1.25 bits per heavy atom. The Labute approximate surface area is 102 Å². The van der Waals surface area contributed by atoms with Gasteiger partial charge in [-0.1, -0.05) is 20.8 Å². The molecule has 0 aromatic heterocycles. The molecule has 0 aromatic carbocycles. The van der Waals surface area contributed by atoms with Crippen LogP contribution in [0.3, 0.4) is 0 Å². The Hall–Kier alpha value is -0.0800. The Kier molecular flexibility index (Phi) is 6.37. The molecule has 2 heteroatoms. The van der Waals surface area contributed by atoms with Crippen LogP contribution in [0.15, 0.2) is 0 Å². The van der Waals surface area contributed by atoms with E-state index in [1.807, 2.05) is 0 Å². The smallest absolute Gasteiger partial charge is 0.000241 e. The predicted molar refractivity (Wildman–Crippen MR) is 71.8 cm³/mol. The van der Waals surface area contributed by atoms with Crippen molar-refractivity contribution in [3.63, 3.8) is 0 Å². The summed E-state index contributed by atoms with van der Waals surface area (Å²) in [5, 5.41) is 7.03. The molecule has 0 amide bonds. The van der Waals surface area contributed by atoms with Gasteiger partial charge >= 0.3 is 0 Å². The molecule has 0 radical (unpaired) electrons. The maximum atomic E-state index is 3.60. The minimum Gasteiger partial charge on any atom is -0.317 e. The molecular weight excluding hydrogens is 196 g/mol. The van der Waals surface area contributed by atoms with Gasteiger partial charge in [-0.05, 0) is 63.1 Å². The third kappa shape index (κ3) is 5.86. The van der Waals surface area contributed by atoms with E-state index < -0.39 is 0 Å². The van der Waals surface area contributed by atoms with E-state index in [2.05, 4.69) is 31.4 Å². The van der Waals surface area contributed by atoms with Gasteiger partial charge in [-0.2, -0.15) is 0 Å². The standard InChI is InChI=1S/C14H30N2/c1-4-14(2,3)12-16-9-5-6-13-7-10-15-11-8-13/h13,15-16H,4-12H2,1-3H3. The van der Waals surface area contributed by atoms with Gasteiger partial charge in [0, 0.05) is 6.54 Å². The number of hydrogen-bond donors (Lipinski definition) is 2. The van der Waals surface area contributed by atoms with Crippen LogP contribution >= 0.6 is 0 Å². The zero-order valence-corrected chi connectivity index (χ0v) is 11.4. The Morgan fingerprint density at radius 2 is 1.94 bits per heavy atom. The molecular formula is C14H30N2. The Morgan fingerprint density at radius 3 is 2.56 bits per heavy atom. The molecule has 1 fully saturated rings. The van der Waals surface area contributed by atoms with E-state index >= 15 is 0 Å². The van der Waals surface area contributed by atoms with Crippen molar-refractivity contribution in [1.82, 2.24) is 10.6 Å². The molecule has 1 aliphatic heterocycles. The fraction of sp³-hybridized carbons (Fsp3) is 1.00. The topological polar surface area (TPSA) is 24.1 Å². The lowest BCUT2D eigenvalue weighted by atomic mass is 9.90. The summed E-state index contributed by atoms with van der Waals surface area (Å²) in [5.74, 6) is 0.988. The minimum atomic E-state index is 0.467. The van der Waals surface area contributed by atoms with Crippen molar-refractivity contribution in [2.24, 2.45) is 11.3 Å². The minimum absolute atomic E-state index is 0.467. The first kappa shape index (κ1) is 14.0. The summed E-state index contributed by atoms with van der Waals surface area (Å²) in [5.41, 5.74) is 0.467. The van der Waals surface area contributed by atoms with E-state index in [4.69, 9.17) is 0 Å². The van der Waals surface area contributed by atoms with Gasteiger partial charge in [0.1, 0.15) is 0 Å². The number of nitrogens with one attached hydrogen (secondary N) is 2. The van der Waals surface area contributed by atoms with Crippen molar-refractivity contribution in [2.45, 2.75) is 52.9 Å². The highest BCUT2D eigenvalue weighted by Gasteiger charge is 2.14. The first-order valence-corrected chi connectivity index (χ1v) is 7.05. The lowest BCUT2D eigenvalue weighted by Crippen LogP contribution is -2.30. The molecule has 1 rings (SSSR count). The monoisotopic (exact) mass is 226 g/mol. The van der Waals surface area contributed by atoms with E-state index in [-0.39, 0.29) is 0 Å². The van der Waals surface area contributed by atoms with Crippen molar-refractivity contribution in [3.8, 4) is 0 Å². The molecule has 0 aliphatic carbocycles. The summed E-state index contributed by atoms with van der Waals surface area (Å²) in [6.45, 7) is 11.8. The van der Waals surface area contributed by atoms with Crippen LogP contribution in [0.1, 0.15) is 52.9 Å². The van der Waals surface area contributed by atoms with Crippen molar-refractivity contribution >= 4 is 0 Å². The normalized spacial score (nSPS) is 18.9. The van der Waals surface area contributed by atoms with Gasteiger partial charge in [-0.25, -0.2) is 0 Å². The Balaban J connectivity index is 1.95. The molecule has 1 heterocycles. The zero-order chi connectivity index (χ0) is 11.9. The average molecular weight is 226 g/mol. The lowest BCUT2D eigenvalue weighted by Gasteiger charge is -2.24. The first-order chi connectivity index (χ1) is 7.64. The van der Waals surface area contributed by atoms with Crippen LogP contribution in [0.5, 0.6) is 0 Å². The van der Waals surface area contributed by atoms with Crippen molar-refractivity contribution in [2.75, 3.05) is 26.2 Å². The molecule has 0 atom stereocenters. The van der Waals surface area contributed by atoms with Gasteiger partial charge < -0.3 is 10.6 Å². The van der Waals surface area contributed by atoms with Crippen LogP contribution in [-0.2, 0) is 0 Å². The van der Waals surface area contributed by atoms with Crippen LogP contribution in [0.2, 0.25) is 0 Å². The van der Waals surface area contributed by atoms with Gasteiger partial charge in [0.05, 0.1) is 0 Å². The lowest BCUT2D eigenvalue weighted by molar-refractivity contribution is 0.314. The van der Waals surface area contributed by atoms with Gasteiger partial charge in [0.25, 0.3) is 0 Å². The van der Waals surface area contributed by atoms with E-state index in [1.165, 1.54) is 51.7 Å². The van der Waals surface area contributed by atoms with Crippen molar-refractivity contribution in [3.05, 3.63) is 0 Å². The van der Waals surface area contributed by atoms with Crippen molar-refractivity contribution in [1.29, 1.82) is 0 Å². The van der Waals surface area contributed by atoms with Crippen LogP contribution in [-0.4, -0.2) is 26.2 Å². The third-order valence-electron chi connectivity index (χ3n) is 3.99. The second-order valence-electron chi connectivity index (χ2n) is 6.03. The molecule has 2 nitrogen and oxygen atoms in total. The van der Waals surface area contributed by atoms with E-state index in [1.54, 1.807) is 0 Å². The van der Waals surface area contributed by atoms with Crippen LogP contribution in [0.4, 0.5) is 0 Å². The average Bonchev–Trinajstić information content (AvgIpc) is 2.30. The second-order valence-corrected chi connectivity index (χ2v) is 6.03. The highest BCUT2D eigenvalue weighted by molar-refractivity contribution is 4.71. The number of hydrogen-bond acceptors (Lipinski definition) is 2. The fourth-order valence-electron chi connectivity index (χ4n) is 2.24. The highest BCUT2D eigenvalue weighted by atomic mass is 14.9. The predicted octanol–water partition coefficient (Wildman–Crippen LogP) is 2.79. The molecule has 0 spiro atoms. The molecule has 1 saturated heterocycles. The molecule has 0 bridgehead atoms. The summed E-state index contributed by atoms with van der Waals surface area (Å²) in [6, 6.07) is 0. The first-order valence-electron chi connectivity index (χ1n) is 7.05. The molecule has 0 aromatic rings. The maximum absolute atomic E-state index is 3.60.